The number of benzene rings is 5. The van der Waals surface area contributed by atoms with Crippen molar-refractivity contribution in [2.75, 3.05) is 19.6 Å². The van der Waals surface area contributed by atoms with Crippen molar-refractivity contribution in [2.45, 2.75) is 57.0 Å². The van der Waals surface area contributed by atoms with Crippen molar-refractivity contribution >= 4 is 17.5 Å². The molecule has 2 aliphatic heterocycles. The van der Waals surface area contributed by atoms with Gasteiger partial charge in [-0.2, -0.15) is 0 Å². The van der Waals surface area contributed by atoms with Crippen molar-refractivity contribution in [2.24, 2.45) is 5.92 Å². The summed E-state index contributed by atoms with van der Waals surface area (Å²) in [4.78, 5) is 15.0. The van der Waals surface area contributed by atoms with Crippen LogP contribution in [0.25, 0.3) is 11.1 Å². The Morgan fingerprint density at radius 2 is 1.50 bits per heavy atom. The van der Waals surface area contributed by atoms with Crippen molar-refractivity contribution in [1.29, 1.82) is 0 Å². The van der Waals surface area contributed by atoms with Gasteiger partial charge in [0.05, 0.1) is 24.4 Å². The summed E-state index contributed by atoms with van der Waals surface area (Å²) in [7, 11) is 0. The van der Waals surface area contributed by atoms with E-state index in [1.54, 1.807) is 0 Å². The molecule has 5 aromatic carbocycles. The first kappa shape index (κ1) is 36.0. The van der Waals surface area contributed by atoms with Crippen molar-refractivity contribution in [1.82, 2.24) is 10.2 Å². The van der Waals surface area contributed by atoms with Gasteiger partial charge in [0, 0.05) is 48.2 Å². The Morgan fingerprint density at radius 3 is 2.19 bits per heavy atom. The smallest absolute Gasteiger partial charge is 0.251 e. The second-order valence-electron chi connectivity index (χ2n) is 14.0. The van der Waals surface area contributed by atoms with Gasteiger partial charge in [-0.1, -0.05) is 116 Å². The first-order chi connectivity index (χ1) is 25.3. The lowest BCUT2D eigenvalue weighted by molar-refractivity contribution is -0.277. The Bertz CT molecular complexity index is 1930. The number of aliphatic hydroxyl groups is 2. The lowest BCUT2D eigenvalue weighted by atomic mass is 9.84. The summed E-state index contributed by atoms with van der Waals surface area (Å²) in [6.45, 7) is 4.81. The van der Waals surface area contributed by atoms with Gasteiger partial charge in [0.2, 0.25) is 0 Å². The number of amides is 1. The van der Waals surface area contributed by atoms with Crippen LogP contribution in [0.4, 0.5) is 0 Å². The molecule has 2 aliphatic rings. The number of rotatable bonds is 10. The molecule has 5 aromatic rings. The van der Waals surface area contributed by atoms with Gasteiger partial charge < -0.3 is 29.9 Å². The molecule has 0 saturated carbocycles. The van der Waals surface area contributed by atoms with E-state index in [1.807, 2.05) is 91.0 Å². The molecule has 0 aliphatic carbocycles. The summed E-state index contributed by atoms with van der Waals surface area (Å²) in [6, 6.07) is 41.2. The Morgan fingerprint density at radius 1 is 0.808 bits per heavy atom. The fraction of sp³-hybridized carbons (Fsp3) is 0.295. The molecule has 4 unspecified atom stereocenters. The summed E-state index contributed by atoms with van der Waals surface area (Å²) >= 11 is 6.11. The Kier molecular flexibility index (Phi) is 11.2. The molecule has 2 heterocycles. The quantitative estimate of drug-likeness (QED) is 0.135. The molecule has 8 heteroatoms. The van der Waals surface area contributed by atoms with Crippen LogP contribution in [-0.2, 0) is 28.2 Å². The molecule has 7 nitrogen and oxygen atoms in total. The van der Waals surface area contributed by atoms with Crippen LogP contribution in [0.1, 0.15) is 70.3 Å². The van der Waals surface area contributed by atoms with E-state index in [2.05, 4.69) is 53.5 Å². The van der Waals surface area contributed by atoms with E-state index in [9.17, 15) is 15.0 Å². The van der Waals surface area contributed by atoms with Crippen LogP contribution in [0, 0.1) is 5.92 Å². The number of nitrogens with one attached hydrogen (secondary N) is 1. The predicted molar refractivity (Wildman–Crippen MR) is 203 cm³/mol. The monoisotopic (exact) mass is 716 g/mol. The maximum atomic E-state index is 12.6. The van der Waals surface area contributed by atoms with Crippen molar-refractivity contribution < 1.29 is 24.5 Å². The topological polar surface area (TPSA) is 91.3 Å². The van der Waals surface area contributed by atoms with Gasteiger partial charge in [0.15, 0.2) is 6.29 Å². The van der Waals surface area contributed by atoms with Crippen LogP contribution in [-0.4, -0.2) is 46.8 Å². The highest BCUT2D eigenvalue weighted by molar-refractivity contribution is 6.30. The van der Waals surface area contributed by atoms with E-state index < -0.39 is 11.9 Å². The lowest BCUT2D eigenvalue weighted by Gasteiger charge is -2.45. The number of hydrogen-bond acceptors (Lipinski definition) is 6. The molecule has 0 spiro atoms. The minimum atomic E-state index is -0.875. The van der Waals surface area contributed by atoms with Crippen LogP contribution in [0.2, 0.25) is 5.02 Å². The molecule has 1 amide bonds. The summed E-state index contributed by atoms with van der Waals surface area (Å²) < 4.78 is 13.5. The highest BCUT2D eigenvalue weighted by Gasteiger charge is 2.41. The van der Waals surface area contributed by atoms with Gasteiger partial charge in [-0.25, -0.2) is 0 Å². The third-order valence-electron chi connectivity index (χ3n) is 10.6. The fourth-order valence-corrected chi connectivity index (χ4v) is 7.43. The highest BCUT2D eigenvalue weighted by atomic mass is 35.5. The number of likely N-dealkylation sites (tertiary alicyclic amines) is 1. The molecular formula is C44H45ClN2O5. The first-order valence-corrected chi connectivity index (χ1v) is 18.4. The number of halogens is 1. The zero-order chi connectivity index (χ0) is 36.1. The third-order valence-corrected chi connectivity index (χ3v) is 10.8. The predicted octanol–water partition coefficient (Wildman–Crippen LogP) is 8.20. The van der Waals surface area contributed by atoms with Gasteiger partial charge in [0.25, 0.3) is 5.91 Å². The average molecular weight is 717 g/mol. The van der Waals surface area contributed by atoms with Crippen molar-refractivity contribution in [3.63, 3.8) is 0 Å². The number of ether oxygens (including phenoxy) is 2. The molecule has 3 N–H and O–H groups in total. The summed E-state index contributed by atoms with van der Waals surface area (Å²) in [5.41, 5.74) is 6.63. The van der Waals surface area contributed by atoms with Crippen LogP contribution >= 0.6 is 11.6 Å². The Hall–Kier alpha value is -4.34. The SMILES string of the molecule is CC1C(CN2CCC(O)(c3ccc(Cl)cc3)CC2)OC(c2ccc(-c3cccc(CNC(=O)c4ccccc4)c3)cc2)OC1c1ccc(CO)cc1. The number of carbonyl (C=O) groups is 1. The molecule has 2 saturated heterocycles. The zero-order valence-corrected chi connectivity index (χ0v) is 30.1. The molecule has 7 rings (SSSR count). The number of aliphatic hydroxyl groups excluding tert-OH is 1. The number of hydrogen-bond donors (Lipinski definition) is 3. The number of nitrogens with zero attached hydrogens (tertiary/aromatic N) is 1. The molecule has 4 atom stereocenters. The van der Waals surface area contributed by atoms with Gasteiger partial charge in [0.1, 0.15) is 0 Å². The molecule has 268 valence electrons. The average Bonchev–Trinajstić information content (AvgIpc) is 3.19. The standard InChI is InChI=1S/C44H45ClN2O5/c1-30-40(28-47-24-22-44(50,23-25-47)38-18-20-39(45)21-19-38)51-43(52-41(30)34-12-10-31(29-48)11-13-34)36-16-14-33(15-17-36)37-9-5-6-32(26-37)27-46-42(49)35-7-3-2-4-8-35/h2-21,26,30,40-41,43,48,50H,22-25,27-29H2,1H3,(H,46,49). The van der Waals surface area contributed by atoms with Gasteiger partial charge in [-0.15, -0.1) is 0 Å². The minimum absolute atomic E-state index is 0.00930. The fourth-order valence-electron chi connectivity index (χ4n) is 7.30. The molecule has 0 bridgehead atoms. The minimum Gasteiger partial charge on any atom is -0.392 e. The van der Waals surface area contributed by atoms with Gasteiger partial charge >= 0.3 is 0 Å². The van der Waals surface area contributed by atoms with Gasteiger partial charge in [-0.3, -0.25) is 4.79 Å². The molecule has 2 fully saturated rings. The van der Waals surface area contributed by atoms with E-state index in [0.717, 1.165) is 52.0 Å². The highest BCUT2D eigenvalue weighted by Crippen LogP contribution is 2.43. The van der Waals surface area contributed by atoms with Crippen LogP contribution < -0.4 is 5.32 Å². The lowest BCUT2D eigenvalue weighted by Crippen LogP contribution is -2.49. The van der Waals surface area contributed by atoms with Crippen LogP contribution in [0.5, 0.6) is 0 Å². The second kappa shape index (κ2) is 16.1. The Labute approximate surface area is 310 Å². The van der Waals surface area contributed by atoms with E-state index in [-0.39, 0.29) is 30.6 Å². The molecular weight excluding hydrogens is 672 g/mol. The van der Waals surface area contributed by atoms with E-state index >= 15 is 0 Å². The van der Waals surface area contributed by atoms with E-state index in [0.29, 0.717) is 36.5 Å². The zero-order valence-electron chi connectivity index (χ0n) is 29.3. The van der Waals surface area contributed by atoms with E-state index in [1.165, 1.54) is 0 Å². The van der Waals surface area contributed by atoms with Crippen LogP contribution in [0.3, 0.4) is 0 Å². The van der Waals surface area contributed by atoms with Gasteiger partial charge in [-0.05, 0) is 76.6 Å². The third kappa shape index (κ3) is 8.31. The van der Waals surface area contributed by atoms with E-state index in [4.69, 9.17) is 21.1 Å². The normalized spacial score (nSPS) is 21.8. The Balaban J connectivity index is 1.05. The summed E-state index contributed by atoms with van der Waals surface area (Å²) in [6.07, 6.45) is 0.348. The van der Waals surface area contributed by atoms with Crippen molar-refractivity contribution in [3.05, 3.63) is 166 Å². The summed E-state index contributed by atoms with van der Waals surface area (Å²) in [5, 5.41) is 24.8. The molecule has 0 radical (unpaired) electrons. The van der Waals surface area contributed by atoms with Crippen LogP contribution in [0.15, 0.2) is 127 Å². The maximum Gasteiger partial charge on any atom is 0.251 e. The second-order valence-corrected chi connectivity index (χ2v) is 14.5. The molecule has 0 aromatic heterocycles. The number of piperidine rings is 1. The largest absolute Gasteiger partial charge is 0.392 e. The number of carbonyl (C=O) groups excluding carboxylic acids is 1. The first-order valence-electron chi connectivity index (χ1n) is 18.0. The summed E-state index contributed by atoms with van der Waals surface area (Å²) in [5.74, 6) is -0.0458. The van der Waals surface area contributed by atoms with Crippen molar-refractivity contribution in [3.8, 4) is 11.1 Å². The maximum absolute atomic E-state index is 12.6. The molecule has 52 heavy (non-hydrogen) atoms.